The van der Waals surface area contributed by atoms with Crippen LogP contribution in [0.25, 0.3) is 0 Å². The first-order valence-corrected chi connectivity index (χ1v) is 6.75. The predicted octanol–water partition coefficient (Wildman–Crippen LogP) is 3.04. The predicted molar refractivity (Wildman–Crippen MR) is 75.5 cm³/mol. The quantitative estimate of drug-likeness (QED) is 0.880. The molecule has 1 heterocycles. The lowest BCUT2D eigenvalue weighted by molar-refractivity contribution is 0.424. The maximum absolute atomic E-state index is 13.0. The summed E-state index contributed by atoms with van der Waals surface area (Å²) < 4.78 is 18.7. The summed E-state index contributed by atoms with van der Waals surface area (Å²) in [6, 6.07) is 6.63. The van der Waals surface area contributed by atoms with Crippen molar-refractivity contribution < 1.29 is 8.81 Å². The van der Waals surface area contributed by atoms with Gasteiger partial charge >= 0.3 is 6.01 Å². The van der Waals surface area contributed by atoms with Crippen molar-refractivity contribution in [3.05, 3.63) is 36.0 Å². The Kier molecular flexibility index (Phi) is 4.68. The van der Waals surface area contributed by atoms with E-state index in [-0.39, 0.29) is 11.9 Å². The van der Waals surface area contributed by atoms with Crippen molar-refractivity contribution >= 4 is 11.7 Å². The van der Waals surface area contributed by atoms with Crippen LogP contribution in [0.2, 0.25) is 0 Å². The molecule has 1 atom stereocenters. The van der Waals surface area contributed by atoms with Gasteiger partial charge in [-0.3, -0.25) is 4.90 Å². The van der Waals surface area contributed by atoms with E-state index in [2.05, 4.69) is 15.5 Å². The minimum Gasteiger partial charge on any atom is -0.406 e. The Balaban J connectivity index is 2.22. The van der Waals surface area contributed by atoms with E-state index in [9.17, 15) is 4.39 Å². The van der Waals surface area contributed by atoms with Crippen molar-refractivity contribution in [2.75, 3.05) is 18.0 Å². The Bertz CT molecular complexity index is 540. The van der Waals surface area contributed by atoms with Gasteiger partial charge in [0, 0.05) is 12.2 Å². The van der Waals surface area contributed by atoms with Gasteiger partial charge in [-0.1, -0.05) is 12.0 Å². The monoisotopic (exact) mass is 278 g/mol. The van der Waals surface area contributed by atoms with Crippen LogP contribution in [0, 0.1) is 5.82 Å². The van der Waals surface area contributed by atoms with Gasteiger partial charge in [-0.15, -0.1) is 5.10 Å². The maximum atomic E-state index is 13.0. The van der Waals surface area contributed by atoms with Gasteiger partial charge in [0.2, 0.25) is 5.89 Å². The molecule has 1 N–H and O–H groups in total. The first-order valence-electron chi connectivity index (χ1n) is 6.75. The lowest BCUT2D eigenvalue weighted by Crippen LogP contribution is -2.18. The molecule has 0 amide bonds. The van der Waals surface area contributed by atoms with Crippen LogP contribution in [0.4, 0.5) is 16.1 Å². The van der Waals surface area contributed by atoms with E-state index in [1.165, 1.54) is 12.1 Å². The van der Waals surface area contributed by atoms with Crippen molar-refractivity contribution in [2.24, 2.45) is 0 Å². The van der Waals surface area contributed by atoms with E-state index in [0.717, 1.165) is 12.2 Å². The Hall–Kier alpha value is -1.95. The van der Waals surface area contributed by atoms with Gasteiger partial charge < -0.3 is 9.73 Å². The molecule has 0 spiro atoms. The molecule has 0 saturated carbocycles. The summed E-state index contributed by atoms with van der Waals surface area (Å²) >= 11 is 0. The second kappa shape index (κ2) is 6.47. The molecule has 0 saturated heterocycles. The zero-order chi connectivity index (χ0) is 14.5. The zero-order valence-corrected chi connectivity index (χ0v) is 11.9. The van der Waals surface area contributed by atoms with E-state index in [1.54, 1.807) is 12.1 Å². The van der Waals surface area contributed by atoms with Gasteiger partial charge in [0.1, 0.15) is 5.82 Å². The SMILES string of the molecule is CCNC(C)c1nnc(N(CC)c2ccc(F)cc2)o1. The van der Waals surface area contributed by atoms with Crippen molar-refractivity contribution in [1.29, 1.82) is 0 Å². The van der Waals surface area contributed by atoms with Gasteiger partial charge in [-0.2, -0.15) is 0 Å². The fourth-order valence-corrected chi connectivity index (χ4v) is 1.95. The summed E-state index contributed by atoms with van der Waals surface area (Å²) in [5, 5.41) is 11.3. The fraction of sp³-hybridized carbons (Fsp3) is 0.429. The third-order valence-electron chi connectivity index (χ3n) is 3.00. The molecule has 0 radical (unpaired) electrons. The Morgan fingerprint density at radius 3 is 2.55 bits per heavy atom. The van der Waals surface area contributed by atoms with E-state index in [0.29, 0.717) is 18.5 Å². The lowest BCUT2D eigenvalue weighted by atomic mass is 10.3. The van der Waals surface area contributed by atoms with Crippen LogP contribution < -0.4 is 10.2 Å². The summed E-state index contributed by atoms with van der Waals surface area (Å²) in [7, 11) is 0. The molecule has 2 rings (SSSR count). The Labute approximate surface area is 117 Å². The van der Waals surface area contributed by atoms with E-state index < -0.39 is 0 Å². The number of benzene rings is 1. The first kappa shape index (κ1) is 14.5. The highest BCUT2D eigenvalue weighted by molar-refractivity contribution is 5.55. The topological polar surface area (TPSA) is 54.2 Å². The van der Waals surface area contributed by atoms with Gasteiger partial charge in [-0.25, -0.2) is 4.39 Å². The van der Waals surface area contributed by atoms with Crippen molar-refractivity contribution in [2.45, 2.75) is 26.8 Å². The van der Waals surface area contributed by atoms with Gasteiger partial charge in [0.25, 0.3) is 0 Å². The maximum Gasteiger partial charge on any atom is 0.322 e. The highest BCUT2D eigenvalue weighted by Crippen LogP contribution is 2.25. The first-order chi connectivity index (χ1) is 9.65. The molecule has 2 aromatic rings. The summed E-state index contributed by atoms with van der Waals surface area (Å²) in [6.45, 7) is 7.44. The molecule has 0 aliphatic heterocycles. The fourth-order valence-electron chi connectivity index (χ4n) is 1.95. The largest absolute Gasteiger partial charge is 0.406 e. The number of halogens is 1. The van der Waals surface area contributed by atoms with Crippen LogP contribution in [0.1, 0.15) is 32.7 Å². The van der Waals surface area contributed by atoms with Crippen molar-refractivity contribution in [1.82, 2.24) is 15.5 Å². The smallest absolute Gasteiger partial charge is 0.322 e. The summed E-state index contributed by atoms with van der Waals surface area (Å²) in [5.74, 6) is 0.277. The average molecular weight is 278 g/mol. The third kappa shape index (κ3) is 3.14. The zero-order valence-electron chi connectivity index (χ0n) is 11.9. The number of nitrogens with one attached hydrogen (secondary N) is 1. The Morgan fingerprint density at radius 2 is 1.95 bits per heavy atom. The van der Waals surface area contributed by atoms with E-state index in [4.69, 9.17) is 4.42 Å². The molecule has 1 aromatic heterocycles. The molecule has 0 bridgehead atoms. The molecule has 0 fully saturated rings. The van der Waals surface area contributed by atoms with Crippen LogP contribution in [-0.4, -0.2) is 23.3 Å². The van der Waals surface area contributed by atoms with Crippen LogP contribution in [0.15, 0.2) is 28.7 Å². The van der Waals surface area contributed by atoms with Crippen molar-refractivity contribution in [3.8, 4) is 0 Å². The summed E-state index contributed by atoms with van der Waals surface area (Å²) in [6.07, 6.45) is 0. The minimum absolute atomic E-state index is 0.00757. The van der Waals surface area contributed by atoms with E-state index in [1.807, 2.05) is 25.7 Å². The molecule has 0 aliphatic carbocycles. The molecule has 1 aromatic carbocycles. The molecular formula is C14H19FN4O. The molecule has 1 unspecified atom stereocenters. The van der Waals surface area contributed by atoms with Gasteiger partial charge in [-0.05, 0) is 44.7 Å². The average Bonchev–Trinajstić information content (AvgIpc) is 2.92. The number of hydrogen-bond acceptors (Lipinski definition) is 5. The molecule has 6 heteroatoms. The van der Waals surface area contributed by atoms with Gasteiger partial charge in [0.05, 0.1) is 6.04 Å². The number of aromatic nitrogens is 2. The molecule has 0 aliphatic rings. The number of nitrogens with zero attached hydrogens (tertiary/aromatic N) is 3. The van der Waals surface area contributed by atoms with E-state index >= 15 is 0 Å². The third-order valence-corrected chi connectivity index (χ3v) is 3.00. The molecule has 20 heavy (non-hydrogen) atoms. The molecule has 5 nitrogen and oxygen atoms in total. The van der Waals surface area contributed by atoms with Crippen LogP contribution in [0.5, 0.6) is 0 Å². The number of rotatable bonds is 6. The van der Waals surface area contributed by atoms with Gasteiger partial charge in [0.15, 0.2) is 0 Å². The Morgan fingerprint density at radius 1 is 1.25 bits per heavy atom. The van der Waals surface area contributed by atoms with Crippen LogP contribution in [-0.2, 0) is 0 Å². The second-order valence-electron chi connectivity index (χ2n) is 4.42. The second-order valence-corrected chi connectivity index (χ2v) is 4.42. The number of anilines is 2. The summed E-state index contributed by atoms with van der Waals surface area (Å²) in [5.41, 5.74) is 0.820. The van der Waals surface area contributed by atoms with Crippen LogP contribution in [0.3, 0.4) is 0 Å². The van der Waals surface area contributed by atoms with Crippen molar-refractivity contribution in [3.63, 3.8) is 0 Å². The highest BCUT2D eigenvalue weighted by atomic mass is 19.1. The summed E-state index contributed by atoms with van der Waals surface area (Å²) in [4.78, 5) is 1.84. The highest BCUT2D eigenvalue weighted by Gasteiger charge is 2.17. The standard InChI is InChI=1S/C14H19FN4O/c1-4-16-10(3)13-17-18-14(20-13)19(5-2)12-8-6-11(15)7-9-12/h6-10,16H,4-5H2,1-3H3. The number of hydrogen-bond donors (Lipinski definition) is 1. The normalized spacial score (nSPS) is 12.4. The minimum atomic E-state index is -0.267. The molecule has 108 valence electrons. The lowest BCUT2D eigenvalue weighted by Gasteiger charge is -2.17. The van der Waals surface area contributed by atoms with Crippen LogP contribution >= 0.6 is 0 Å². The molecular weight excluding hydrogens is 259 g/mol.